The summed E-state index contributed by atoms with van der Waals surface area (Å²) < 4.78 is 0. The molecule has 0 saturated carbocycles. The maximum absolute atomic E-state index is 12.1. The zero-order valence-corrected chi connectivity index (χ0v) is 19.1. The number of aromatic hydroxyl groups is 1. The van der Waals surface area contributed by atoms with Gasteiger partial charge in [-0.15, -0.1) is 0 Å². The quantitative estimate of drug-likeness (QED) is 0.438. The Morgan fingerprint density at radius 3 is 2.44 bits per heavy atom. The average molecular weight is 437 g/mol. The zero-order valence-electron chi connectivity index (χ0n) is 19.1. The molecule has 0 bridgehead atoms. The first-order chi connectivity index (χ1) is 15.3. The molecule has 0 fully saturated rings. The van der Waals surface area contributed by atoms with Gasteiger partial charge in [-0.25, -0.2) is 4.79 Å². The van der Waals surface area contributed by atoms with Crippen LogP contribution in [0.5, 0.6) is 5.75 Å². The van der Waals surface area contributed by atoms with E-state index in [1.165, 1.54) is 12.1 Å². The van der Waals surface area contributed by atoms with Crippen LogP contribution < -0.4 is 10.6 Å². The molecule has 6 nitrogen and oxygen atoms in total. The molecule has 0 heterocycles. The third-order valence-corrected chi connectivity index (χ3v) is 5.82. The van der Waals surface area contributed by atoms with Gasteiger partial charge in [0.15, 0.2) is 0 Å². The lowest BCUT2D eigenvalue weighted by Crippen LogP contribution is -2.25. The van der Waals surface area contributed by atoms with Crippen molar-refractivity contribution in [3.63, 3.8) is 0 Å². The highest BCUT2D eigenvalue weighted by molar-refractivity contribution is 5.99. The molecule has 0 aromatic heterocycles. The molecule has 1 atom stereocenters. The van der Waals surface area contributed by atoms with E-state index in [9.17, 15) is 20.1 Å². The Morgan fingerprint density at radius 2 is 1.81 bits per heavy atom. The maximum Gasteiger partial charge on any atom is 0.336 e. The third kappa shape index (κ3) is 4.81. The van der Waals surface area contributed by atoms with Gasteiger partial charge in [0.2, 0.25) is 0 Å². The molecule has 0 aliphatic heterocycles. The van der Waals surface area contributed by atoms with Crippen LogP contribution in [0.1, 0.15) is 56.5 Å². The lowest BCUT2D eigenvalue weighted by atomic mass is 9.80. The van der Waals surface area contributed by atoms with Crippen molar-refractivity contribution in [2.24, 2.45) is 0 Å². The highest BCUT2D eigenvalue weighted by atomic mass is 16.4. The number of hydrogen-bond donors (Lipinski definition) is 5. The minimum atomic E-state index is -1.12. The summed E-state index contributed by atoms with van der Waals surface area (Å²) in [6, 6.07) is 4.38. The molecule has 0 spiro atoms. The first-order valence-electron chi connectivity index (χ1n) is 11.0. The van der Waals surface area contributed by atoms with Crippen LogP contribution in [0.15, 0.2) is 70.1 Å². The second-order valence-electron chi connectivity index (χ2n) is 8.13. The van der Waals surface area contributed by atoms with Gasteiger partial charge in [0.1, 0.15) is 5.75 Å². The minimum absolute atomic E-state index is 0.00669. The van der Waals surface area contributed by atoms with Gasteiger partial charge in [0.05, 0.1) is 11.7 Å². The van der Waals surface area contributed by atoms with E-state index in [1.54, 1.807) is 6.07 Å². The SMILES string of the molecule is CCNC1=CC/C(=C(\C2=CC(C)=C(NCC)CC2O)c2ccc(O)cc2C(=O)O)C=C1C. The van der Waals surface area contributed by atoms with Gasteiger partial charge in [0.25, 0.3) is 0 Å². The van der Waals surface area contributed by atoms with Crippen LogP contribution in [0.25, 0.3) is 5.57 Å². The van der Waals surface area contributed by atoms with Crippen LogP contribution in [0.4, 0.5) is 0 Å². The largest absolute Gasteiger partial charge is 0.508 e. The number of carbonyl (C=O) groups is 1. The van der Waals surface area contributed by atoms with E-state index in [1.807, 2.05) is 33.8 Å². The molecule has 1 unspecified atom stereocenters. The van der Waals surface area contributed by atoms with Gasteiger partial charge in [-0.1, -0.05) is 18.2 Å². The number of allylic oxidation sites excluding steroid dienone is 6. The zero-order chi connectivity index (χ0) is 23.4. The fourth-order valence-electron chi connectivity index (χ4n) is 4.33. The lowest BCUT2D eigenvalue weighted by Gasteiger charge is -2.29. The number of rotatable bonds is 7. The third-order valence-electron chi connectivity index (χ3n) is 5.82. The Hall–Kier alpha value is -3.25. The second-order valence-corrected chi connectivity index (χ2v) is 8.13. The fourth-order valence-corrected chi connectivity index (χ4v) is 4.33. The number of nitrogens with one attached hydrogen (secondary N) is 2. The molecule has 2 aliphatic carbocycles. The highest BCUT2D eigenvalue weighted by Crippen LogP contribution is 2.40. The Balaban J connectivity index is 2.26. The van der Waals surface area contributed by atoms with Crippen molar-refractivity contribution in [2.45, 2.75) is 46.6 Å². The van der Waals surface area contributed by atoms with E-state index in [0.29, 0.717) is 29.6 Å². The Labute approximate surface area is 189 Å². The monoisotopic (exact) mass is 436 g/mol. The van der Waals surface area contributed by atoms with Crippen LogP contribution in [0, 0.1) is 0 Å². The van der Waals surface area contributed by atoms with Gasteiger partial charge in [-0.2, -0.15) is 0 Å². The number of phenols is 1. The minimum Gasteiger partial charge on any atom is -0.508 e. The summed E-state index contributed by atoms with van der Waals surface area (Å²) in [4.78, 5) is 12.1. The molecule has 3 rings (SSSR count). The number of hydrogen-bond acceptors (Lipinski definition) is 5. The molecule has 0 saturated heterocycles. The summed E-state index contributed by atoms with van der Waals surface area (Å²) >= 11 is 0. The molecular weight excluding hydrogens is 404 g/mol. The molecule has 32 heavy (non-hydrogen) atoms. The van der Waals surface area contributed by atoms with E-state index >= 15 is 0 Å². The number of aliphatic hydroxyl groups excluding tert-OH is 1. The molecule has 6 heteroatoms. The predicted octanol–water partition coefficient (Wildman–Crippen LogP) is 4.26. The summed E-state index contributed by atoms with van der Waals surface area (Å²) in [7, 11) is 0. The summed E-state index contributed by atoms with van der Waals surface area (Å²) in [6.45, 7) is 9.63. The van der Waals surface area contributed by atoms with Crippen molar-refractivity contribution in [1.82, 2.24) is 10.6 Å². The number of aliphatic hydroxyl groups is 1. The average Bonchev–Trinajstić information content (AvgIpc) is 2.74. The van der Waals surface area contributed by atoms with Crippen LogP contribution in [-0.2, 0) is 0 Å². The highest BCUT2D eigenvalue weighted by Gasteiger charge is 2.28. The van der Waals surface area contributed by atoms with Crippen LogP contribution in [-0.4, -0.2) is 40.5 Å². The molecule has 0 amide bonds. The molecule has 5 N–H and O–H groups in total. The van der Waals surface area contributed by atoms with Crippen LogP contribution in [0.2, 0.25) is 0 Å². The lowest BCUT2D eigenvalue weighted by molar-refractivity contribution is 0.0696. The van der Waals surface area contributed by atoms with Gasteiger partial charge in [-0.3, -0.25) is 0 Å². The van der Waals surface area contributed by atoms with Crippen LogP contribution in [0.3, 0.4) is 0 Å². The Morgan fingerprint density at radius 1 is 1.09 bits per heavy atom. The number of likely N-dealkylation sites (N-methyl/N-ethyl adjacent to an activating group) is 1. The fraction of sp³-hybridized carbons (Fsp3) is 0.346. The van der Waals surface area contributed by atoms with Gasteiger partial charge in [-0.05, 0) is 85.7 Å². The van der Waals surface area contributed by atoms with Crippen molar-refractivity contribution >= 4 is 11.5 Å². The van der Waals surface area contributed by atoms with Crippen molar-refractivity contribution < 1.29 is 20.1 Å². The summed E-state index contributed by atoms with van der Waals surface area (Å²) in [5.41, 5.74) is 6.93. The van der Waals surface area contributed by atoms with Crippen molar-refractivity contribution in [2.75, 3.05) is 13.1 Å². The molecule has 1 aromatic carbocycles. The normalized spacial score (nSPS) is 20.3. The topological polar surface area (TPSA) is 102 Å². The number of benzene rings is 1. The maximum atomic E-state index is 12.1. The second kappa shape index (κ2) is 9.92. The summed E-state index contributed by atoms with van der Waals surface area (Å²) in [5.74, 6) is -1.23. The number of carboxylic acid groups (broad SMARTS) is 1. The van der Waals surface area contributed by atoms with E-state index < -0.39 is 12.1 Å². The summed E-state index contributed by atoms with van der Waals surface area (Å²) in [6.07, 6.45) is 6.35. The number of aromatic carboxylic acids is 1. The molecular formula is C26H32N2O4. The molecule has 170 valence electrons. The van der Waals surface area contributed by atoms with Gasteiger partial charge >= 0.3 is 5.97 Å². The van der Waals surface area contributed by atoms with Crippen molar-refractivity contribution in [3.05, 3.63) is 81.2 Å². The number of phenolic OH excluding ortho intramolecular Hbond substituents is 1. The first-order valence-corrected chi connectivity index (χ1v) is 11.0. The van der Waals surface area contributed by atoms with Crippen molar-refractivity contribution in [1.29, 1.82) is 0 Å². The molecule has 2 aliphatic rings. The van der Waals surface area contributed by atoms with Crippen molar-refractivity contribution in [3.8, 4) is 5.75 Å². The van der Waals surface area contributed by atoms with E-state index in [-0.39, 0.29) is 11.3 Å². The number of carboxylic acids is 1. The smallest absolute Gasteiger partial charge is 0.336 e. The first kappa shape index (κ1) is 23.4. The van der Waals surface area contributed by atoms with Gasteiger partial charge in [0, 0.05) is 30.9 Å². The Bertz CT molecular complexity index is 1070. The van der Waals surface area contributed by atoms with E-state index in [4.69, 9.17) is 0 Å². The van der Waals surface area contributed by atoms with E-state index in [2.05, 4.69) is 22.8 Å². The standard InChI is InChI=1S/C26H32N2O4/c1-5-27-22-10-7-17(11-15(22)3)25(19-9-8-18(29)13-20(19)26(31)32)21-12-16(4)23(28-6-2)14-24(21)30/h8-13,24,27-30H,5-7,14H2,1-4H3,(H,31,32)/b25-17+. The Kier molecular flexibility index (Phi) is 7.26. The van der Waals surface area contributed by atoms with E-state index in [0.717, 1.165) is 41.2 Å². The molecule has 1 aromatic rings. The predicted molar refractivity (Wildman–Crippen MR) is 127 cm³/mol. The van der Waals surface area contributed by atoms with Gasteiger partial charge < -0.3 is 26.0 Å². The molecule has 0 radical (unpaired) electrons. The summed E-state index contributed by atoms with van der Waals surface area (Å²) in [5, 5.41) is 37.6. The van der Waals surface area contributed by atoms with Crippen LogP contribution >= 0.6 is 0 Å².